The van der Waals surface area contributed by atoms with Gasteiger partial charge in [-0.05, 0) is 107 Å². The van der Waals surface area contributed by atoms with E-state index in [0.717, 1.165) is 29.7 Å². The van der Waals surface area contributed by atoms with Gasteiger partial charge in [0, 0.05) is 34.1 Å². The number of amides is 1. The Morgan fingerprint density at radius 2 is 1.76 bits per heavy atom. The van der Waals surface area contributed by atoms with Crippen LogP contribution in [0.4, 0.5) is 0 Å². The van der Waals surface area contributed by atoms with Gasteiger partial charge in [-0.15, -0.1) is 11.3 Å². The number of nitrogens with one attached hydrogen (secondary N) is 1. The van der Waals surface area contributed by atoms with Crippen molar-refractivity contribution in [1.82, 2.24) is 14.8 Å². The van der Waals surface area contributed by atoms with Crippen LogP contribution in [-0.2, 0) is 13.0 Å². The number of rotatable bonds is 6. The number of carbonyl (C=O) groups excluding carboxylic acids is 1. The Kier molecular flexibility index (Phi) is 8.21. The molecule has 1 atom stereocenters. The zero-order chi connectivity index (χ0) is 27.0. The number of likely N-dealkylation sites (tertiary alicyclic amines) is 1. The standard InChI is InChI=1S/C32H47N3O2S/c1-21-18-22(2)33-30(36)26(21)19-35-15-9-10-27-28(31(35)37)24(4)29(38-27)23(3)25-11-16-34(17-12-25)20-32(5)13-7-6-8-14-32/h18,23,25H,6-17,19-20H2,1-5H3,(H,33,36)/t23-/m1/s1. The average molecular weight is 538 g/mol. The molecule has 0 spiro atoms. The molecule has 2 aromatic heterocycles. The molecule has 1 saturated heterocycles. The van der Waals surface area contributed by atoms with Gasteiger partial charge in [-0.3, -0.25) is 9.59 Å². The second kappa shape index (κ2) is 11.3. The smallest absolute Gasteiger partial charge is 0.255 e. The molecule has 0 unspecified atom stereocenters. The van der Waals surface area contributed by atoms with Crippen molar-refractivity contribution in [3.8, 4) is 0 Å². The van der Waals surface area contributed by atoms with E-state index >= 15 is 0 Å². The van der Waals surface area contributed by atoms with Crippen LogP contribution in [0.3, 0.4) is 0 Å². The van der Waals surface area contributed by atoms with Gasteiger partial charge < -0.3 is 14.8 Å². The molecule has 1 aliphatic carbocycles. The summed E-state index contributed by atoms with van der Waals surface area (Å²) in [6, 6.07) is 2.00. The maximum Gasteiger partial charge on any atom is 0.255 e. The topological polar surface area (TPSA) is 56.4 Å². The number of aromatic amines is 1. The summed E-state index contributed by atoms with van der Waals surface area (Å²) in [7, 11) is 0. The fourth-order valence-electron chi connectivity index (χ4n) is 7.52. The Morgan fingerprint density at radius 1 is 1.05 bits per heavy atom. The predicted molar refractivity (Wildman–Crippen MR) is 157 cm³/mol. The van der Waals surface area contributed by atoms with Gasteiger partial charge in [0.2, 0.25) is 0 Å². The van der Waals surface area contributed by atoms with Crippen LogP contribution >= 0.6 is 11.3 Å². The summed E-state index contributed by atoms with van der Waals surface area (Å²) in [5.41, 5.74) is 5.11. The van der Waals surface area contributed by atoms with Crippen molar-refractivity contribution in [2.45, 2.75) is 105 Å². The molecule has 1 amide bonds. The second-order valence-corrected chi connectivity index (χ2v) is 14.1. The van der Waals surface area contributed by atoms with Crippen molar-refractivity contribution in [1.29, 1.82) is 0 Å². The van der Waals surface area contributed by atoms with Gasteiger partial charge in [0.15, 0.2) is 0 Å². The minimum absolute atomic E-state index is 0.0695. The molecule has 2 aliphatic heterocycles. The van der Waals surface area contributed by atoms with Crippen molar-refractivity contribution >= 4 is 17.2 Å². The highest BCUT2D eigenvalue weighted by Gasteiger charge is 2.35. The number of piperidine rings is 1. The number of hydrogen-bond donors (Lipinski definition) is 1. The fourth-order valence-corrected chi connectivity index (χ4v) is 9.01. The molecule has 5 rings (SSSR count). The lowest BCUT2D eigenvalue weighted by Gasteiger charge is -2.42. The number of aryl methyl sites for hydroxylation is 3. The molecule has 5 nitrogen and oxygen atoms in total. The first-order valence-corrected chi connectivity index (χ1v) is 15.8. The summed E-state index contributed by atoms with van der Waals surface area (Å²) in [6.07, 6.45) is 11.4. The zero-order valence-corrected chi connectivity index (χ0v) is 25.1. The molecule has 2 aromatic rings. The Labute approximate surface area is 233 Å². The Bertz CT molecular complexity index is 1210. The van der Waals surface area contributed by atoms with E-state index in [1.54, 1.807) is 0 Å². The van der Waals surface area contributed by atoms with Crippen LogP contribution in [0.2, 0.25) is 0 Å². The molecule has 38 heavy (non-hydrogen) atoms. The van der Waals surface area contributed by atoms with Crippen LogP contribution in [-0.4, -0.2) is 46.9 Å². The van der Waals surface area contributed by atoms with Gasteiger partial charge in [-0.2, -0.15) is 0 Å². The van der Waals surface area contributed by atoms with Crippen LogP contribution < -0.4 is 5.56 Å². The lowest BCUT2D eigenvalue weighted by Crippen LogP contribution is -2.42. The molecule has 6 heteroatoms. The first kappa shape index (κ1) is 27.6. The highest BCUT2D eigenvalue weighted by Crippen LogP contribution is 2.43. The van der Waals surface area contributed by atoms with E-state index in [-0.39, 0.29) is 11.5 Å². The second-order valence-electron chi connectivity index (χ2n) is 12.9. The molecular weight excluding hydrogens is 490 g/mol. The van der Waals surface area contributed by atoms with Crippen molar-refractivity contribution in [2.24, 2.45) is 11.3 Å². The molecule has 3 aliphatic rings. The number of hydrogen-bond acceptors (Lipinski definition) is 4. The van der Waals surface area contributed by atoms with E-state index in [0.29, 0.717) is 35.9 Å². The molecule has 0 bridgehead atoms. The molecule has 2 fully saturated rings. The summed E-state index contributed by atoms with van der Waals surface area (Å²) < 4.78 is 0. The van der Waals surface area contributed by atoms with Crippen LogP contribution in [0.1, 0.15) is 114 Å². The van der Waals surface area contributed by atoms with Crippen molar-refractivity contribution < 1.29 is 4.79 Å². The van der Waals surface area contributed by atoms with Crippen molar-refractivity contribution in [2.75, 3.05) is 26.2 Å². The minimum Gasteiger partial charge on any atom is -0.334 e. The Hall–Kier alpha value is -1.92. The zero-order valence-electron chi connectivity index (χ0n) is 24.3. The lowest BCUT2D eigenvalue weighted by molar-refractivity contribution is 0.0747. The fraction of sp³-hybridized carbons (Fsp3) is 0.688. The number of nitrogens with zero attached hydrogens (tertiary/aromatic N) is 2. The van der Waals surface area contributed by atoms with E-state index in [1.807, 2.05) is 36.2 Å². The average Bonchev–Trinajstić information content (AvgIpc) is 3.11. The third-order valence-electron chi connectivity index (χ3n) is 9.85. The van der Waals surface area contributed by atoms with E-state index in [1.165, 1.54) is 79.9 Å². The number of H-pyrrole nitrogens is 1. The van der Waals surface area contributed by atoms with Gasteiger partial charge in [0.1, 0.15) is 0 Å². The Balaban J connectivity index is 1.27. The highest BCUT2D eigenvalue weighted by molar-refractivity contribution is 7.12. The minimum atomic E-state index is -0.0695. The van der Waals surface area contributed by atoms with Crippen molar-refractivity contribution in [3.63, 3.8) is 0 Å². The summed E-state index contributed by atoms with van der Waals surface area (Å²) >= 11 is 1.90. The quantitative estimate of drug-likeness (QED) is 0.444. The molecule has 0 aromatic carbocycles. The lowest BCUT2D eigenvalue weighted by atomic mass is 9.74. The molecule has 208 valence electrons. The predicted octanol–water partition coefficient (Wildman–Crippen LogP) is 6.74. The van der Waals surface area contributed by atoms with Crippen LogP contribution in [0, 0.1) is 32.1 Å². The first-order chi connectivity index (χ1) is 18.1. The molecular formula is C32H47N3O2S. The van der Waals surface area contributed by atoms with Crippen LogP contribution in [0.25, 0.3) is 0 Å². The summed E-state index contributed by atoms with van der Waals surface area (Å²) in [6.45, 7) is 15.8. The SMILES string of the molecule is Cc1cc(C)c(CN2CCCc3sc([C@H](C)C4CCN(CC5(C)CCCCC5)CC4)c(C)c3C2=O)c(=O)[nH]1. The van der Waals surface area contributed by atoms with Crippen LogP contribution in [0.15, 0.2) is 10.9 Å². The normalized spacial score (nSPS) is 21.8. The van der Waals surface area contributed by atoms with Crippen LogP contribution in [0.5, 0.6) is 0 Å². The number of carbonyl (C=O) groups is 1. The third kappa shape index (κ3) is 5.67. The summed E-state index contributed by atoms with van der Waals surface area (Å²) in [4.78, 5) is 36.8. The largest absolute Gasteiger partial charge is 0.334 e. The van der Waals surface area contributed by atoms with Gasteiger partial charge >= 0.3 is 0 Å². The van der Waals surface area contributed by atoms with E-state index < -0.39 is 0 Å². The molecule has 1 saturated carbocycles. The number of aromatic nitrogens is 1. The summed E-state index contributed by atoms with van der Waals surface area (Å²) in [5, 5.41) is 0. The maximum atomic E-state index is 13.8. The highest BCUT2D eigenvalue weighted by atomic mass is 32.1. The van der Waals surface area contributed by atoms with E-state index in [2.05, 4.69) is 30.7 Å². The number of thiophene rings is 1. The van der Waals surface area contributed by atoms with Gasteiger partial charge in [0.25, 0.3) is 11.5 Å². The molecule has 4 heterocycles. The Morgan fingerprint density at radius 3 is 2.45 bits per heavy atom. The van der Waals surface area contributed by atoms with Gasteiger partial charge in [-0.25, -0.2) is 0 Å². The molecule has 0 radical (unpaired) electrons. The maximum absolute atomic E-state index is 13.8. The third-order valence-corrected chi connectivity index (χ3v) is 11.4. The number of pyridine rings is 1. The van der Waals surface area contributed by atoms with Crippen molar-refractivity contribution in [3.05, 3.63) is 54.1 Å². The van der Waals surface area contributed by atoms with Gasteiger partial charge in [0.05, 0.1) is 12.1 Å². The van der Waals surface area contributed by atoms with E-state index in [4.69, 9.17) is 0 Å². The van der Waals surface area contributed by atoms with Gasteiger partial charge in [-0.1, -0.05) is 33.1 Å². The molecule has 1 N–H and O–H groups in total. The monoisotopic (exact) mass is 537 g/mol. The summed E-state index contributed by atoms with van der Waals surface area (Å²) in [5.74, 6) is 1.29. The van der Waals surface area contributed by atoms with E-state index in [9.17, 15) is 9.59 Å². The number of fused-ring (bicyclic) bond motifs is 1. The first-order valence-electron chi connectivity index (χ1n) is 15.0.